The van der Waals surface area contributed by atoms with Gasteiger partial charge in [-0.15, -0.1) is 0 Å². The number of carbonyl (C=O) groups is 1. The highest BCUT2D eigenvalue weighted by molar-refractivity contribution is 9.10. The average molecular weight is 300 g/mol. The molecule has 0 fully saturated rings. The van der Waals surface area contributed by atoms with Crippen LogP contribution < -0.4 is 5.32 Å². The van der Waals surface area contributed by atoms with Crippen molar-refractivity contribution in [3.63, 3.8) is 0 Å². The quantitative estimate of drug-likeness (QED) is 0.784. The predicted molar refractivity (Wildman–Crippen MR) is 71.7 cm³/mol. The van der Waals surface area contributed by atoms with Crippen LogP contribution >= 0.6 is 15.9 Å². The summed E-state index contributed by atoms with van der Waals surface area (Å²) in [6.07, 6.45) is 9.41. The van der Waals surface area contributed by atoms with E-state index in [1.807, 2.05) is 0 Å². The van der Waals surface area contributed by atoms with Gasteiger partial charge in [0.05, 0.1) is 12.4 Å². The Kier molecular flexibility index (Phi) is 6.77. The number of nitrogens with one attached hydrogen (secondary N) is 1. The van der Waals surface area contributed by atoms with Gasteiger partial charge in [-0.2, -0.15) is 0 Å². The molecule has 0 radical (unpaired) electrons. The van der Waals surface area contributed by atoms with Crippen molar-refractivity contribution in [1.29, 1.82) is 0 Å². The number of halogens is 1. The fourth-order valence-corrected chi connectivity index (χ4v) is 1.68. The molecule has 94 valence electrons. The molecule has 4 nitrogen and oxygen atoms in total. The molecule has 0 saturated heterocycles. The van der Waals surface area contributed by atoms with Crippen LogP contribution in [0.4, 0.5) is 5.82 Å². The molecule has 0 aliphatic heterocycles. The van der Waals surface area contributed by atoms with Crippen LogP contribution in [0.1, 0.15) is 45.4 Å². The number of nitrogens with zero attached hydrogens (tertiary/aromatic N) is 2. The van der Waals surface area contributed by atoms with E-state index in [1.54, 1.807) is 12.4 Å². The first-order chi connectivity index (χ1) is 8.22. The lowest BCUT2D eigenvalue weighted by molar-refractivity contribution is -0.116. The molecule has 5 heteroatoms. The van der Waals surface area contributed by atoms with Gasteiger partial charge in [-0.05, 0) is 22.4 Å². The zero-order chi connectivity index (χ0) is 12.5. The van der Waals surface area contributed by atoms with Crippen molar-refractivity contribution in [2.24, 2.45) is 0 Å². The van der Waals surface area contributed by atoms with Gasteiger partial charge in [0.15, 0.2) is 5.82 Å². The van der Waals surface area contributed by atoms with Gasteiger partial charge >= 0.3 is 0 Å². The minimum atomic E-state index is 0.0121. The molecule has 1 rings (SSSR count). The fourth-order valence-electron chi connectivity index (χ4n) is 1.47. The summed E-state index contributed by atoms with van der Waals surface area (Å²) in [5, 5.41) is 2.73. The molecule has 1 aromatic heterocycles. The fraction of sp³-hybridized carbons (Fsp3) is 0.583. The largest absolute Gasteiger partial charge is 0.309 e. The topological polar surface area (TPSA) is 54.9 Å². The van der Waals surface area contributed by atoms with E-state index in [2.05, 4.69) is 38.1 Å². The number of unbranched alkanes of at least 4 members (excludes halogenated alkanes) is 4. The van der Waals surface area contributed by atoms with E-state index < -0.39 is 0 Å². The maximum absolute atomic E-state index is 11.5. The summed E-state index contributed by atoms with van der Waals surface area (Å²) in [7, 11) is 0. The van der Waals surface area contributed by atoms with Crippen molar-refractivity contribution in [1.82, 2.24) is 9.97 Å². The molecule has 0 aliphatic carbocycles. The summed E-state index contributed by atoms with van der Waals surface area (Å²) >= 11 is 3.19. The number of amides is 1. The molecule has 1 aromatic rings. The van der Waals surface area contributed by atoms with E-state index in [-0.39, 0.29) is 5.91 Å². The van der Waals surface area contributed by atoms with Gasteiger partial charge < -0.3 is 5.32 Å². The smallest absolute Gasteiger partial charge is 0.225 e. The molecule has 0 aliphatic rings. The summed E-state index contributed by atoms with van der Waals surface area (Å²) in [5.74, 6) is 0.518. The molecule has 0 atom stereocenters. The van der Waals surface area contributed by atoms with Crippen LogP contribution in [-0.2, 0) is 4.79 Å². The lowest BCUT2D eigenvalue weighted by atomic mass is 10.1. The summed E-state index contributed by atoms with van der Waals surface area (Å²) < 4.78 is 0.662. The molecular formula is C12H18BrN3O. The van der Waals surface area contributed by atoms with Gasteiger partial charge in [0.25, 0.3) is 0 Å². The van der Waals surface area contributed by atoms with Gasteiger partial charge in [0, 0.05) is 6.42 Å². The molecule has 0 saturated carbocycles. The molecule has 0 aromatic carbocycles. The summed E-state index contributed by atoms with van der Waals surface area (Å²) in [6.45, 7) is 2.18. The minimum Gasteiger partial charge on any atom is -0.309 e. The normalized spacial score (nSPS) is 10.2. The number of hydrogen-bond acceptors (Lipinski definition) is 3. The Morgan fingerprint density at radius 1 is 1.24 bits per heavy atom. The first kappa shape index (κ1) is 14.1. The minimum absolute atomic E-state index is 0.0121. The van der Waals surface area contributed by atoms with E-state index in [0.29, 0.717) is 16.8 Å². The Balaban J connectivity index is 2.18. The van der Waals surface area contributed by atoms with E-state index in [0.717, 1.165) is 12.8 Å². The van der Waals surface area contributed by atoms with Crippen molar-refractivity contribution in [3.8, 4) is 0 Å². The highest BCUT2D eigenvalue weighted by Gasteiger charge is 2.03. The second-order valence-corrected chi connectivity index (χ2v) is 4.75. The van der Waals surface area contributed by atoms with Gasteiger partial charge in [-0.1, -0.05) is 32.6 Å². The van der Waals surface area contributed by atoms with Crippen LogP contribution in [-0.4, -0.2) is 15.9 Å². The molecule has 0 spiro atoms. The Bertz CT molecular complexity index is 340. The van der Waals surface area contributed by atoms with Gasteiger partial charge in [-0.25, -0.2) is 9.97 Å². The number of rotatable bonds is 7. The Morgan fingerprint density at radius 2 is 2.00 bits per heavy atom. The molecule has 0 bridgehead atoms. The molecule has 1 N–H and O–H groups in total. The lowest BCUT2D eigenvalue weighted by Crippen LogP contribution is -2.12. The Hall–Kier alpha value is -0.970. The van der Waals surface area contributed by atoms with E-state index in [1.165, 1.54) is 19.3 Å². The highest BCUT2D eigenvalue weighted by Crippen LogP contribution is 2.08. The highest BCUT2D eigenvalue weighted by atomic mass is 79.9. The van der Waals surface area contributed by atoms with E-state index in [4.69, 9.17) is 0 Å². The van der Waals surface area contributed by atoms with Gasteiger partial charge in [-0.3, -0.25) is 4.79 Å². The molecule has 0 unspecified atom stereocenters. The van der Waals surface area contributed by atoms with Crippen LogP contribution in [0.3, 0.4) is 0 Å². The van der Waals surface area contributed by atoms with Crippen molar-refractivity contribution < 1.29 is 4.79 Å². The lowest BCUT2D eigenvalue weighted by Gasteiger charge is -2.03. The molecule has 17 heavy (non-hydrogen) atoms. The summed E-state index contributed by atoms with van der Waals surface area (Å²) in [4.78, 5) is 19.6. The standard InChI is InChI=1S/C12H18BrN3O/c1-2-3-4-5-6-7-12(17)16-11-9-14-10(13)8-15-11/h8-9H,2-7H2,1H3,(H,15,16,17). The maximum Gasteiger partial charge on any atom is 0.225 e. The summed E-state index contributed by atoms with van der Waals surface area (Å²) in [5.41, 5.74) is 0. The SMILES string of the molecule is CCCCCCCC(=O)Nc1cnc(Br)cn1. The van der Waals surface area contributed by atoms with Gasteiger partial charge in [0.1, 0.15) is 4.60 Å². The van der Waals surface area contributed by atoms with Crippen LogP contribution in [0.15, 0.2) is 17.0 Å². The molecule has 1 heterocycles. The zero-order valence-corrected chi connectivity index (χ0v) is 11.7. The third-order valence-corrected chi connectivity index (χ3v) is 2.80. The second kappa shape index (κ2) is 8.17. The first-order valence-corrected chi connectivity index (χ1v) is 6.79. The van der Waals surface area contributed by atoms with Crippen molar-refractivity contribution in [2.75, 3.05) is 5.32 Å². The second-order valence-electron chi connectivity index (χ2n) is 3.94. The Morgan fingerprint density at radius 3 is 2.65 bits per heavy atom. The average Bonchev–Trinajstić information content (AvgIpc) is 2.32. The maximum atomic E-state index is 11.5. The van der Waals surface area contributed by atoms with Crippen molar-refractivity contribution in [3.05, 3.63) is 17.0 Å². The van der Waals surface area contributed by atoms with Crippen LogP contribution in [0.25, 0.3) is 0 Å². The Labute approximate surface area is 110 Å². The van der Waals surface area contributed by atoms with E-state index >= 15 is 0 Å². The van der Waals surface area contributed by atoms with Crippen LogP contribution in [0.2, 0.25) is 0 Å². The van der Waals surface area contributed by atoms with Crippen molar-refractivity contribution >= 4 is 27.7 Å². The summed E-state index contributed by atoms with van der Waals surface area (Å²) in [6, 6.07) is 0. The predicted octanol–water partition coefficient (Wildman–Crippen LogP) is 3.54. The van der Waals surface area contributed by atoms with Crippen molar-refractivity contribution in [2.45, 2.75) is 45.4 Å². The third kappa shape index (κ3) is 6.36. The zero-order valence-electron chi connectivity index (χ0n) is 10.1. The monoisotopic (exact) mass is 299 g/mol. The number of carbonyl (C=O) groups excluding carboxylic acids is 1. The number of aromatic nitrogens is 2. The van der Waals surface area contributed by atoms with Crippen LogP contribution in [0.5, 0.6) is 0 Å². The van der Waals surface area contributed by atoms with Gasteiger partial charge in [0.2, 0.25) is 5.91 Å². The molecular weight excluding hydrogens is 282 g/mol. The molecule has 1 amide bonds. The first-order valence-electron chi connectivity index (χ1n) is 5.99. The number of anilines is 1. The van der Waals surface area contributed by atoms with E-state index in [9.17, 15) is 4.79 Å². The third-order valence-electron chi connectivity index (χ3n) is 2.40. The van der Waals surface area contributed by atoms with Crippen LogP contribution in [0, 0.1) is 0 Å². The number of hydrogen-bond donors (Lipinski definition) is 1.